The van der Waals surface area contributed by atoms with Crippen LogP contribution in [0.2, 0.25) is 0 Å². The van der Waals surface area contributed by atoms with Gasteiger partial charge in [-0.3, -0.25) is 9.13 Å². The molecule has 4 aromatic rings. The Bertz CT molecular complexity index is 1360. The standard InChI is InChI=1S/C30H32N2O3/c1-21(2)13-18-28-22(3)31(19-23-9-5-4-6-10-23)30(35)32(28)20-24-14-16-25(17-15-24)26-11-7-8-12-27(26)29(33)34/h4-12,14-17,21H,13,18-20H2,1-3H3,(H,33,34). The fourth-order valence-corrected chi connectivity index (χ4v) is 4.51. The Balaban J connectivity index is 1.67. The number of carboxylic acid groups (broad SMARTS) is 1. The van der Waals surface area contributed by atoms with E-state index in [-0.39, 0.29) is 11.3 Å². The summed E-state index contributed by atoms with van der Waals surface area (Å²) in [5, 5.41) is 9.52. The summed E-state index contributed by atoms with van der Waals surface area (Å²) < 4.78 is 3.78. The van der Waals surface area contributed by atoms with Crippen LogP contribution in [0.15, 0.2) is 83.7 Å². The van der Waals surface area contributed by atoms with Gasteiger partial charge >= 0.3 is 11.7 Å². The van der Waals surface area contributed by atoms with Gasteiger partial charge in [0, 0.05) is 11.4 Å². The molecule has 1 aromatic heterocycles. The Hall–Kier alpha value is -3.86. The maximum absolute atomic E-state index is 13.5. The second-order valence-corrected chi connectivity index (χ2v) is 9.45. The van der Waals surface area contributed by atoms with Crippen LogP contribution < -0.4 is 5.69 Å². The first-order chi connectivity index (χ1) is 16.8. The maximum Gasteiger partial charge on any atom is 0.336 e. The number of imidazole rings is 1. The smallest absolute Gasteiger partial charge is 0.336 e. The van der Waals surface area contributed by atoms with Crippen molar-refractivity contribution in [2.75, 3.05) is 0 Å². The summed E-state index contributed by atoms with van der Waals surface area (Å²) in [4.78, 5) is 25.1. The van der Waals surface area contributed by atoms with E-state index in [1.165, 1.54) is 0 Å². The summed E-state index contributed by atoms with van der Waals surface area (Å²) in [6.45, 7) is 7.48. The van der Waals surface area contributed by atoms with Crippen molar-refractivity contribution in [1.82, 2.24) is 9.13 Å². The predicted octanol–water partition coefficient (Wildman–Crippen LogP) is 6.01. The average molecular weight is 469 g/mol. The van der Waals surface area contributed by atoms with Gasteiger partial charge in [0.2, 0.25) is 0 Å². The van der Waals surface area contributed by atoms with Crippen molar-refractivity contribution >= 4 is 5.97 Å². The molecule has 1 heterocycles. The van der Waals surface area contributed by atoms with Crippen molar-refractivity contribution in [1.29, 1.82) is 0 Å². The van der Waals surface area contributed by atoms with Crippen LogP contribution in [-0.4, -0.2) is 20.2 Å². The number of aromatic nitrogens is 2. The second kappa shape index (κ2) is 10.6. The van der Waals surface area contributed by atoms with E-state index >= 15 is 0 Å². The van der Waals surface area contributed by atoms with Crippen LogP contribution in [0.1, 0.15) is 53.1 Å². The molecule has 0 unspecified atom stereocenters. The summed E-state index contributed by atoms with van der Waals surface area (Å²) in [7, 11) is 0. The predicted molar refractivity (Wildman–Crippen MR) is 140 cm³/mol. The zero-order valence-electron chi connectivity index (χ0n) is 20.6. The van der Waals surface area contributed by atoms with Gasteiger partial charge in [0.15, 0.2) is 0 Å². The molecule has 0 aliphatic rings. The lowest BCUT2D eigenvalue weighted by molar-refractivity contribution is 0.0697. The van der Waals surface area contributed by atoms with Gasteiger partial charge in [0.25, 0.3) is 0 Å². The summed E-state index contributed by atoms with van der Waals surface area (Å²) in [6.07, 6.45) is 1.87. The molecular formula is C30H32N2O3. The highest BCUT2D eigenvalue weighted by molar-refractivity contribution is 5.95. The van der Waals surface area contributed by atoms with Gasteiger partial charge in [0.05, 0.1) is 18.7 Å². The highest BCUT2D eigenvalue weighted by Gasteiger charge is 2.18. The van der Waals surface area contributed by atoms with Crippen LogP contribution in [0.25, 0.3) is 11.1 Å². The average Bonchev–Trinajstić information content (AvgIpc) is 3.07. The van der Waals surface area contributed by atoms with E-state index in [9.17, 15) is 14.7 Å². The van der Waals surface area contributed by atoms with Crippen molar-refractivity contribution in [2.24, 2.45) is 5.92 Å². The number of aromatic carboxylic acids is 1. The van der Waals surface area contributed by atoms with E-state index in [1.807, 2.05) is 82.8 Å². The van der Waals surface area contributed by atoms with E-state index in [4.69, 9.17) is 0 Å². The van der Waals surface area contributed by atoms with Crippen molar-refractivity contribution in [3.63, 3.8) is 0 Å². The molecule has 0 fully saturated rings. The van der Waals surface area contributed by atoms with Crippen molar-refractivity contribution in [3.05, 3.63) is 117 Å². The fourth-order valence-electron chi connectivity index (χ4n) is 4.51. The van der Waals surface area contributed by atoms with E-state index in [1.54, 1.807) is 12.1 Å². The first kappa shape index (κ1) is 24.3. The highest BCUT2D eigenvalue weighted by Crippen LogP contribution is 2.25. The fraction of sp³-hybridized carbons (Fsp3) is 0.267. The lowest BCUT2D eigenvalue weighted by Gasteiger charge is -2.11. The van der Waals surface area contributed by atoms with E-state index in [2.05, 4.69) is 13.8 Å². The van der Waals surface area contributed by atoms with E-state index in [0.29, 0.717) is 24.6 Å². The molecule has 5 heteroatoms. The van der Waals surface area contributed by atoms with Gasteiger partial charge in [-0.1, -0.05) is 86.6 Å². The Morgan fingerprint density at radius 1 is 0.829 bits per heavy atom. The Morgan fingerprint density at radius 3 is 2.09 bits per heavy atom. The van der Waals surface area contributed by atoms with Gasteiger partial charge in [0.1, 0.15) is 0 Å². The molecule has 3 aromatic carbocycles. The highest BCUT2D eigenvalue weighted by atomic mass is 16.4. The van der Waals surface area contributed by atoms with E-state index in [0.717, 1.165) is 40.9 Å². The molecule has 35 heavy (non-hydrogen) atoms. The Labute approximate surface area is 206 Å². The largest absolute Gasteiger partial charge is 0.478 e. The van der Waals surface area contributed by atoms with Crippen LogP contribution in [0.3, 0.4) is 0 Å². The quantitative estimate of drug-likeness (QED) is 0.327. The molecule has 0 radical (unpaired) electrons. The van der Waals surface area contributed by atoms with Gasteiger partial charge < -0.3 is 5.11 Å². The third kappa shape index (κ3) is 5.46. The molecule has 4 rings (SSSR count). The third-order valence-electron chi connectivity index (χ3n) is 6.52. The van der Waals surface area contributed by atoms with Gasteiger partial charge in [-0.2, -0.15) is 0 Å². The molecule has 1 N–H and O–H groups in total. The molecule has 5 nitrogen and oxygen atoms in total. The monoisotopic (exact) mass is 468 g/mol. The Kier molecular flexibility index (Phi) is 7.35. The number of hydrogen-bond acceptors (Lipinski definition) is 2. The zero-order chi connectivity index (χ0) is 24.9. The molecule has 0 amide bonds. The molecule has 180 valence electrons. The molecule has 0 aliphatic carbocycles. The lowest BCUT2D eigenvalue weighted by atomic mass is 9.98. The number of carboxylic acids is 1. The van der Waals surface area contributed by atoms with Crippen LogP contribution in [-0.2, 0) is 19.5 Å². The maximum atomic E-state index is 13.5. The number of nitrogens with zero attached hydrogens (tertiary/aromatic N) is 2. The summed E-state index contributed by atoms with van der Waals surface area (Å²) in [5.74, 6) is -0.398. The zero-order valence-corrected chi connectivity index (χ0v) is 20.6. The molecular weight excluding hydrogens is 436 g/mol. The normalized spacial score (nSPS) is 11.2. The first-order valence-electron chi connectivity index (χ1n) is 12.1. The SMILES string of the molecule is Cc1c(CCC(C)C)n(Cc2ccc(-c3ccccc3C(=O)O)cc2)c(=O)n1Cc1ccccc1. The minimum absolute atomic E-state index is 0.00501. The van der Waals surface area contributed by atoms with Crippen LogP contribution in [0.4, 0.5) is 0 Å². The number of hydrogen-bond donors (Lipinski definition) is 1. The molecule has 0 aliphatic heterocycles. The minimum atomic E-state index is -0.943. The van der Waals surface area contributed by atoms with Crippen molar-refractivity contribution < 1.29 is 9.90 Å². The molecule has 0 saturated carbocycles. The first-order valence-corrected chi connectivity index (χ1v) is 12.1. The lowest BCUT2D eigenvalue weighted by Crippen LogP contribution is -2.26. The van der Waals surface area contributed by atoms with Gasteiger partial charge in [-0.05, 0) is 54.0 Å². The third-order valence-corrected chi connectivity index (χ3v) is 6.52. The van der Waals surface area contributed by atoms with Crippen LogP contribution in [0, 0.1) is 12.8 Å². The van der Waals surface area contributed by atoms with Gasteiger partial charge in [-0.25, -0.2) is 9.59 Å². The van der Waals surface area contributed by atoms with Crippen LogP contribution >= 0.6 is 0 Å². The Morgan fingerprint density at radius 2 is 1.43 bits per heavy atom. The summed E-state index contributed by atoms with van der Waals surface area (Å²) in [5.41, 5.74) is 6.03. The van der Waals surface area contributed by atoms with Crippen LogP contribution in [0.5, 0.6) is 0 Å². The topological polar surface area (TPSA) is 64.2 Å². The number of carbonyl (C=O) groups is 1. The van der Waals surface area contributed by atoms with E-state index < -0.39 is 5.97 Å². The van der Waals surface area contributed by atoms with Crippen molar-refractivity contribution in [3.8, 4) is 11.1 Å². The molecule has 0 saturated heterocycles. The number of benzene rings is 3. The van der Waals surface area contributed by atoms with Gasteiger partial charge in [-0.15, -0.1) is 0 Å². The molecule has 0 atom stereocenters. The minimum Gasteiger partial charge on any atom is -0.478 e. The molecule has 0 spiro atoms. The van der Waals surface area contributed by atoms with Crippen molar-refractivity contribution in [2.45, 2.75) is 46.7 Å². The second-order valence-electron chi connectivity index (χ2n) is 9.45. The summed E-state index contributed by atoms with van der Waals surface area (Å²) in [6, 6.07) is 24.9. The molecule has 0 bridgehead atoms. The summed E-state index contributed by atoms with van der Waals surface area (Å²) >= 11 is 0. The number of rotatable bonds is 9.